The Labute approximate surface area is 98.5 Å². The Hall–Kier alpha value is -0.870. The first-order chi connectivity index (χ1) is 6.63. The van der Waals surface area contributed by atoms with E-state index in [2.05, 4.69) is 17.2 Å². The van der Waals surface area contributed by atoms with Crippen LogP contribution in [0.5, 0.6) is 5.75 Å². The lowest BCUT2D eigenvalue weighted by molar-refractivity contribution is -0.0000118. The molecule has 84 valence electrons. The number of hydrogen-bond donors (Lipinski definition) is 0. The van der Waals surface area contributed by atoms with Gasteiger partial charge < -0.3 is 21.9 Å². The fraction of sp³-hybridized carbons (Fsp3) is 0.300. The van der Waals surface area contributed by atoms with Crippen LogP contribution in [0, 0.1) is 0 Å². The van der Waals surface area contributed by atoms with Crippen LogP contribution in [0.2, 0.25) is 0 Å². The Morgan fingerprint density at radius 3 is 2.13 bits per heavy atom. The smallest absolute Gasteiger partial charge is 0.513 e. The predicted octanol–water partition coefficient (Wildman–Crippen LogP) is -0.927. The van der Waals surface area contributed by atoms with Crippen molar-refractivity contribution >= 4 is 17.1 Å². The molecular weight excluding hydrogens is 236 g/mol. The van der Waals surface area contributed by atoms with Crippen molar-refractivity contribution in [2.45, 2.75) is 4.90 Å². The number of ether oxygens (including phenoxy) is 2. The van der Waals surface area contributed by atoms with Crippen LogP contribution in [-0.4, -0.2) is 25.8 Å². The molecule has 0 unspecified atom stereocenters. The molecule has 0 amide bonds. The van der Waals surface area contributed by atoms with Gasteiger partial charge in [0.25, 0.3) is 0 Å². The van der Waals surface area contributed by atoms with Crippen LogP contribution in [0.15, 0.2) is 29.2 Å². The quantitative estimate of drug-likeness (QED) is 0.386. The van der Waals surface area contributed by atoms with Crippen molar-refractivity contribution in [3.05, 3.63) is 24.3 Å². The maximum absolute atomic E-state index is 10.8. The molecule has 0 heterocycles. The number of carbonyl (C=O) groups excluding carboxylic acids is 1. The molecule has 5 heteroatoms. The van der Waals surface area contributed by atoms with Gasteiger partial charge in [0.05, 0.1) is 7.11 Å². The summed E-state index contributed by atoms with van der Waals surface area (Å²) in [6, 6.07) is 7.42. The lowest BCUT2D eigenvalue weighted by Gasteiger charge is -2.02. The Morgan fingerprint density at radius 1 is 1.20 bits per heavy atom. The number of carbonyl (C=O) groups is 1. The van der Waals surface area contributed by atoms with E-state index >= 15 is 0 Å². The SMILES string of the molecule is COC(=O)Oc1ccc([S+](C)C)cc1.[Cl-]. The fourth-order valence-corrected chi connectivity index (χ4v) is 1.60. The van der Waals surface area contributed by atoms with E-state index in [4.69, 9.17) is 4.74 Å². The normalized spacial score (nSPS) is 9.33. The summed E-state index contributed by atoms with van der Waals surface area (Å²) in [7, 11) is 1.51. The molecule has 0 aromatic heterocycles. The van der Waals surface area contributed by atoms with Gasteiger partial charge in [-0.15, -0.1) is 0 Å². The third kappa shape index (κ3) is 4.44. The minimum Gasteiger partial charge on any atom is -1.00 e. The molecular formula is C10H13ClO3S. The molecule has 0 aliphatic heterocycles. The highest BCUT2D eigenvalue weighted by molar-refractivity contribution is 7.95. The molecule has 0 bridgehead atoms. The second-order valence-electron chi connectivity index (χ2n) is 2.84. The summed E-state index contributed by atoms with van der Waals surface area (Å²) in [5.41, 5.74) is 0. The zero-order valence-electron chi connectivity index (χ0n) is 8.82. The summed E-state index contributed by atoms with van der Waals surface area (Å²) in [5, 5.41) is 0. The van der Waals surface area contributed by atoms with Gasteiger partial charge in [-0.2, -0.15) is 0 Å². The monoisotopic (exact) mass is 248 g/mol. The average molecular weight is 249 g/mol. The first kappa shape index (κ1) is 14.1. The van der Waals surface area contributed by atoms with E-state index in [0.717, 1.165) is 0 Å². The molecule has 0 N–H and O–H groups in total. The van der Waals surface area contributed by atoms with Crippen molar-refractivity contribution in [2.24, 2.45) is 0 Å². The van der Waals surface area contributed by atoms with E-state index < -0.39 is 6.16 Å². The molecule has 1 aromatic rings. The summed E-state index contributed by atoms with van der Waals surface area (Å²) in [4.78, 5) is 12.0. The maximum atomic E-state index is 10.8. The van der Waals surface area contributed by atoms with E-state index in [1.54, 1.807) is 12.1 Å². The van der Waals surface area contributed by atoms with Crippen molar-refractivity contribution < 1.29 is 26.7 Å². The van der Waals surface area contributed by atoms with Gasteiger partial charge in [-0.25, -0.2) is 4.79 Å². The molecule has 15 heavy (non-hydrogen) atoms. The summed E-state index contributed by atoms with van der Waals surface area (Å²) in [6.45, 7) is 0. The molecule has 0 aliphatic carbocycles. The zero-order valence-corrected chi connectivity index (χ0v) is 10.4. The van der Waals surface area contributed by atoms with Crippen molar-refractivity contribution in [3.8, 4) is 5.75 Å². The minimum atomic E-state index is -0.690. The van der Waals surface area contributed by atoms with Gasteiger partial charge in [-0.05, 0) is 24.3 Å². The Morgan fingerprint density at radius 2 is 1.73 bits per heavy atom. The second kappa shape index (κ2) is 6.58. The molecule has 0 spiro atoms. The molecule has 0 saturated carbocycles. The lowest BCUT2D eigenvalue weighted by Crippen LogP contribution is -3.00. The number of rotatable bonds is 2. The van der Waals surface area contributed by atoms with Crippen molar-refractivity contribution in [1.29, 1.82) is 0 Å². The third-order valence-corrected chi connectivity index (χ3v) is 2.88. The van der Waals surface area contributed by atoms with Crippen LogP contribution in [0.4, 0.5) is 4.79 Å². The molecule has 0 saturated heterocycles. The molecule has 0 aliphatic rings. The van der Waals surface area contributed by atoms with Crippen molar-refractivity contribution in [2.75, 3.05) is 19.6 Å². The number of benzene rings is 1. The molecule has 0 atom stereocenters. The van der Waals surface area contributed by atoms with Crippen LogP contribution in [-0.2, 0) is 15.6 Å². The molecule has 1 aromatic carbocycles. The minimum absolute atomic E-state index is 0. The van der Waals surface area contributed by atoms with Crippen molar-refractivity contribution in [1.82, 2.24) is 0 Å². The highest BCUT2D eigenvalue weighted by Crippen LogP contribution is 2.16. The van der Waals surface area contributed by atoms with Gasteiger partial charge in [-0.3, -0.25) is 0 Å². The number of methoxy groups -OCH3 is 1. The highest BCUT2D eigenvalue weighted by Gasteiger charge is 2.09. The van der Waals surface area contributed by atoms with Gasteiger partial charge in [0, 0.05) is 10.9 Å². The molecule has 0 radical (unpaired) electrons. The first-order valence-electron chi connectivity index (χ1n) is 4.07. The van der Waals surface area contributed by atoms with E-state index in [0.29, 0.717) is 5.75 Å². The average Bonchev–Trinajstić information content (AvgIpc) is 2.18. The van der Waals surface area contributed by atoms with Crippen LogP contribution in [0.25, 0.3) is 0 Å². The molecule has 0 fully saturated rings. The molecule has 3 nitrogen and oxygen atoms in total. The maximum Gasteiger partial charge on any atom is 0.513 e. The Balaban J connectivity index is 0.00000196. The second-order valence-corrected chi connectivity index (χ2v) is 4.95. The highest BCUT2D eigenvalue weighted by atomic mass is 35.5. The van der Waals surface area contributed by atoms with Crippen LogP contribution >= 0.6 is 0 Å². The van der Waals surface area contributed by atoms with E-state index in [1.807, 2.05) is 12.1 Å². The lowest BCUT2D eigenvalue weighted by atomic mass is 10.3. The fourth-order valence-electron chi connectivity index (χ4n) is 0.918. The molecule has 1 rings (SSSR count). The zero-order chi connectivity index (χ0) is 10.6. The van der Waals surface area contributed by atoms with Crippen molar-refractivity contribution in [3.63, 3.8) is 0 Å². The topological polar surface area (TPSA) is 35.5 Å². The Kier molecular flexibility index (Phi) is 6.20. The third-order valence-electron chi connectivity index (χ3n) is 1.66. The van der Waals surface area contributed by atoms with E-state index in [1.165, 1.54) is 12.0 Å². The predicted molar refractivity (Wildman–Crippen MR) is 57.0 cm³/mol. The van der Waals surface area contributed by atoms with Gasteiger partial charge in [-0.1, -0.05) is 0 Å². The number of halogens is 1. The summed E-state index contributed by atoms with van der Waals surface area (Å²) < 4.78 is 9.21. The first-order valence-corrected chi connectivity index (χ1v) is 6.11. The van der Waals surface area contributed by atoms with Gasteiger partial charge in [0.1, 0.15) is 18.3 Å². The van der Waals surface area contributed by atoms with Crippen LogP contribution in [0.3, 0.4) is 0 Å². The van der Waals surface area contributed by atoms with Gasteiger partial charge in [0.15, 0.2) is 4.90 Å². The largest absolute Gasteiger partial charge is 1.00 e. The summed E-state index contributed by atoms with van der Waals surface area (Å²) in [5.74, 6) is 0.506. The Bertz CT molecular complexity index is 311. The standard InChI is InChI=1S/C10H13O3S.ClH/c1-12-10(11)13-8-4-6-9(7-5-8)14(2)3;/h4-7H,1-3H3;1H/q+1;/p-1. The van der Waals surface area contributed by atoms with E-state index in [-0.39, 0.29) is 23.3 Å². The van der Waals surface area contributed by atoms with E-state index in [9.17, 15) is 4.79 Å². The summed E-state index contributed by atoms with van der Waals surface area (Å²) >= 11 is 0. The van der Waals surface area contributed by atoms with Crippen LogP contribution in [0.1, 0.15) is 0 Å². The van der Waals surface area contributed by atoms with Gasteiger partial charge in [0.2, 0.25) is 0 Å². The van der Waals surface area contributed by atoms with Gasteiger partial charge >= 0.3 is 6.16 Å². The summed E-state index contributed by atoms with van der Waals surface area (Å²) in [6.07, 6.45) is 3.58. The van der Waals surface area contributed by atoms with Crippen LogP contribution < -0.4 is 17.1 Å². The number of hydrogen-bond acceptors (Lipinski definition) is 3.